The molecule has 0 aliphatic rings. The maximum Gasteiger partial charge on any atom is 0.276 e. The molecular formula is C18H18N4O2S2. The van der Waals surface area contributed by atoms with Crippen LogP contribution in [0.3, 0.4) is 0 Å². The van der Waals surface area contributed by atoms with E-state index in [1.165, 1.54) is 4.90 Å². The van der Waals surface area contributed by atoms with Crippen LogP contribution in [0, 0.1) is 0 Å². The van der Waals surface area contributed by atoms with Gasteiger partial charge in [-0.05, 0) is 35.0 Å². The Morgan fingerprint density at radius 1 is 1.12 bits per heavy atom. The molecule has 0 aliphatic heterocycles. The molecule has 3 rings (SSSR count). The third-order valence-electron chi connectivity index (χ3n) is 3.71. The molecule has 0 atom stereocenters. The minimum Gasteiger partial charge on any atom is -0.354 e. The van der Waals surface area contributed by atoms with Gasteiger partial charge in [-0.1, -0.05) is 40.9 Å². The number of aromatic nitrogens is 2. The molecule has 8 heteroatoms. The van der Waals surface area contributed by atoms with Crippen molar-refractivity contribution in [2.24, 2.45) is 0 Å². The lowest BCUT2D eigenvalue weighted by Crippen LogP contribution is -2.40. The van der Waals surface area contributed by atoms with E-state index in [9.17, 15) is 9.59 Å². The number of thiophene rings is 1. The summed E-state index contributed by atoms with van der Waals surface area (Å²) < 4.78 is 3.73. The molecule has 2 heterocycles. The van der Waals surface area contributed by atoms with E-state index < -0.39 is 0 Å². The average Bonchev–Trinajstić information content (AvgIpc) is 3.35. The molecule has 2 aromatic heterocycles. The topological polar surface area (TPSA) is 75.2 Å². The number of benzene rings is 1. The Labute approximate surface area is 159 Å². The first-order valence-electron chi connectivity index (χ1n) is 8.11. The second-order valence-electron chi connectivity index (χ2n) is 5.62. The zero-order valence-electron chi connectivity index (χ0n) is 14.0. The molecule has 2 amide bonds. The van der Waals surface area contributed by atoms with Crippen molar-refractivity contribution in [3.63, 3.8) is 0 Å². The highest BCUT2D eigenvalue weighted by molar-refractivity contribution is 7.09. The zero-order chi connectivity index (χ0) is 18.2. The van der Waals surface area contributed by atoms with E-state index in [0.717, 1.165) is 28.4 Å². The molecule has 134 valence electrons. The van der Waals surface area contributed by atoms with Gasteiger partial charge in [0.15, 0.2) is 5.69 Å². The minimum absolute atomic E-state index is 0.0109. The van der Waals surface area contributed by atoms with Gasteiger partial charge in [-0.15, -0.1) is 16.4 Å². The summed E-state index contributed by atoms with van der Waals surface area (Å²) in [6.45, 7) is 0.894. The Bertz CT molecular complexity index is 820. The third kappa shape index (κ3) is 5.21. The van der Waals surface area contributed by atoms with E-state index in [4.69, 9.17) is 0 Å². The van der Waals surface area contributed by atoms with Gasteiger partial charge in [0.25, 0.3) is 5.91 Å². The first-order chi connectivity index (χ1) is 12.7. The van der Waals surface area contributed by atoms with Crippen LogP contribution < -0.4 is 5.32 Å². The molecule has 1 N–H and O–H groups in total. The summed E-state index contributed by atoms with van der Waals surface area (Å²) in [7, 11) is 0. The zero-order valence-corrected chi connectivity index (χ0v) is 15.6. The van der Waals surface area contributed by atoms with Gasteiger partial charge in [0.1, 0.15) is 6.54 Å². The van der Waals surface area contributed by atoms with Gasteiger partial charge in [0, 0.05) is 16.8 Å². The number of carbonyl (C=O) groups excluding carboxylic acids is 2. The van der Waals surface area contributed by atoms with E-state index in [1.807, 2.05) is 47.8 Å². The third-order valence-corrected chi connectivity index (χ3v) is 5.07. The number of carbonyl (C=O) groups is 2. The van der Waals surface area contributed by atoms with E-state index in [0.29, 0.717) is 13.1 Å². The molecule has 0 unspecified atom stereocenters. The molecule has 0 saturated carbocycles. The highest BCUT2D eigenvalue weighted by Crippen LogP contribution is 2.14. The Balaban J connectivity index is 1.57. The molecule has 0 fully saturated rings. The van der Waals surface area contributed by atoms with Crippen molar-refractivity contribution >= 4 is 34.7 Å². The van der Waals surface area contributed by atoms with Crippen molar-refractivity contribution in [1.82, 2.24) is 19.8 Å². The van der Waals surface area contributed by atoms with E-state index in [-0.39, 0.29) is 24.1 Å². The van der Waals surface area contributed by atoms with Crippen LogP contribution in [0.25, 0.3) is 0 Å². The SMILES string of the molecule is O=C(CN(Cc1cccs1)C(=O)c1csnn1)NCCc1ccccc1. The predicted octanol–water partition coefficient (Wildman–Crippen LogP) is 2.60. The van der Waals surface area contributed by atoms with E-state index in [2.05, 4.69) is 14.9 Å². The highest BCUT2D eigenvalue weighted by atomic mass is 32.1. The number of hydrogen-bond donors (Lipinski definition) is 1. The van der Waals surface area contributed by atoms with Crippen LogP contribution >= 0.6 is 22.9 Å². The standard InChI is InChI=1S/C18H18N4O2S2/c23-17(19-9-8-14-5-2-1-3-6-14)12-22(11-15-7-4-10-25-15)18(24)16-13-26-21-20-16/h1-7,10,13H,8-9,11-12H2,(H,19,23). The highest BCUT2D eigenvalue weighted by Gasteiger charge is 2.21. The molecule has 0 bridgehead atoms. The van der Waals surface area contributed by atoms with Gasteiger partial charge in [-0.25, -0.2) is 0 Å². The lowest BCUT2D eigenvalue weighted by Gasteiger charge is -2.20. The number of hydrogen-bond acceptors (Lipinski definition) is 6. The first kappa shape index (κ1) is 18.2. The summed E-state index contributed by atoms with van der Waals surface area (Å²) in [4.78, 5) is 27.4. The Morgan fingerprint density at radius 2 is 1.96 bits per heavy atom. The summed E-state index contributed by atoms with van der Waals surface area (Å²) in [5.74, 6) is -0.473. The van der Waals surface area contributed by atoms with Crippen molar-refractivity contribution in [2.45, 2.75) is 13.0 Å². The van der Waals surface area contributed by atoms with Gasteiger partial charge >= 0.3 is 0 Å². The maximum absolute atomic E-state index is 12.6. The molecule has 1 aromatic carbocycles. The normalized spacial score (nSPS) is 10.5. The second kappa shape index (κ2) is 9.21. The van der Waals surface area contributed by atoms with Crippen LogP contribution in [0.15, 0.2) is 53.2 Å². The summed E-state index contributed by atoms with van der Waals surface area (Å²) in [6.07, 6.45) is 0.751. The predicted molar refractivity (Wildman–Crippen MR) is 102 cm³/mol. The van der Waals surface area contributed by atoms with Gasteiger partial charge in [0.2, 0.25) is 5.91 Å². The molecule has 3 aromatic rings. The fourth-order valence-corrected chi connectivity index (χ4v) is 3.58. The van der Waals surface area contributed by atoms with Gasteiger partial charge in [0.05, 0.1) is 6.54 Å². The number of amides is 2. The van der Waals surface area contributed by atoms with Gasteiger partial charge < -0.3 is 10.2 Å². The lowest BCUT2D eigenvalue weighted by molar-refractivity contribution is -0.121. The molecule has 0 radical (unpaired) electrons. The van der Waals surface area contributed by atoms with Crippen LogP contribution in [0.1, 0.15) is 20.9 Å². The Morgan fingerprint density at radius 3 is 2.65 bits per heavy atom. The molecule has 26 heavy (non-hydrogen) atoms. The first-order valence-corrected chi connectivity index (χ1v) is 9.83. The van der Waals surface area contributed by atoms with Crippen molar-refractivity contribution in [3.05, 3.63) is 69.4 Å². The molecule has 0 aliphatic carbocycles. The van der Waals surface area contributed by atoms with Crippen LogP contribution in [-0.2, 0) is 17.8 Å². The van der Waals surface area contributed by atoms with Crippen LogP contribution in [0.2, 0.25) is 0 Å². The lowest BCUT2D eigenvalue weighted by atomic mass is 10.1. The number of nitrogens with one attached hydrogen (secondary N) is 1. The van der Waals surface area contributed by atoms with Crippen molar-refractivity contribution < 1.29 is 9.59 Å². The molecule has 0 saturated heterocycles. The Kier molecular flexibility index (Phi) is 6.45. The van der Waals surface area contributed by atoms with Crippen molar-refractivity contribution in [3.8, 4) is 0 Å². The maximum atomic E-state index is 12.6. The minimum atomic E-state index is -0.287. The largest absolute Gasteiger partial charge is 0.354 e. The summed E-state index contributed by atoms with van der Waals surface area (Å²) in [6, 6.07) is 13.8. The summed E-state index contributed by atoms with van der Waals surface area (Å²) in [5.41, 5.74) is 1.43. The average molecular weight is 387 g/mol. The monoisotopic (exact) mass is 386 g/mol. The van der Waals surface area contributed by atoms with Crippen LogP contribution in [0.4, 0.5) is 0 Å². The summed E-state index contributed by atoms with van der Waals surface area (Å²) >= 11 is 2.67. The molecular weight excluding hydrogens is 368 g/mol. The van der Waals surface area contributed by atoms with E-state index in [1.54, 1.807) is 16.7 Å². The number of rotatable bonds is 8. The van der Waals surface area contributed by atoms with Crippen LogP contribution in [-0.4, -0.2) is 39.4 Å². The van der Waals surface area contributed by atoms with Crippen molar-refractivity contribution in [1.29, 1.82) is 0 Å². The fraction of sp³-hybridized carbons (Fsp3) is 0.222. The van der Waals surface area contributed by atoms with Gasteiger partial charge in [-0.2, -0.15) is 0 Å². The van der Waals surface area contributed by atoms with E-state index >= 15 is 0 Å². The van der Waals surface area contributed by atoms with Gasteiger partial charge in [-0.3, -0.25) is 9.59 Å². The molecule has 0 spiro atoms. The smallest absolute Gasteiger partial charge is 0.276 e. The van der Waals surface area contributed by atoms with Crippen molar-refractivity contribution in [2.75, 3.05) is 13.1 Å². The fourth-order valence-electron chi connectivity index (χ4n) is 2.43. The summed E-state index contributed by atoms with van der Waals surface area (Å²) in [5, 5.41) is 10.2. The molecule has 6 nitrogen and oxygen atoms in total. The Hall–Kier alpha value is -2.58. The number of nitrogens with zero attached hydrogens (tertiary/aromatic N) is 3. The van der Waals surface area contributed by atoms with Crippen LogP contribution in [0.5, 0.6) is 0 Å². The quantitative estimate of drug-likeness (QED) is 0.646. The second-order valence-corrected chi connectivity index (χ2v) is 7.26.